The highest BCUT2D eigenvalue weighted by atomic mass is 19.2. The Labute approximate surface area is 198 Å². The van der Waals surface area contributed by atoms with Gasteiger partial charge in [-0.15, -0.1) is 0 Å². The summed E-state index contributed by atoms with van der Waals surface area (Å²) in [5.41, 5.74) is 1.43. The second-order valence-electron chi connectivity index (χ2n) is 9.72. The zero-order valence-electron chi connectivity index (χ0n) is 19.6. The second-order valence-corrected chi connectivity index (χ2v) is 9.72. The number of benzene rings is 3. The number of fused-ring (bicyclic) bond motifs is 1. The van der Waals surface area contributed by atoms with Gasteiger partial charge in [-0.2, -0.15) is 0 Å². The molecule has 0 aliphatic heterocycles. The Hall–Kier alpha value is -2.43. The Bertz CT molecular complexity index is 1120. The molecule has 5 heteroatoms. The van der Waals surface area contributed by atoms with E-state index in [0.717, 1.165) is 43.2 Å². The zero-order valence-corrected chi connectivity index (χ0v) is 19.6. The summed E-state index contributed by atoms with van der Waals surface area (Å²) >= 11 is 0. The van der Waals surface area contributed by atoms with Gasteiger partial charge in [-0.05, 0) is 85.1 Å². The van der Waals surface area contributed by atoms with Crippen molar-refractivity contribution in [2.24, 2.45) is 5.92 Å². The van der Waals surface area contributed by atoms with E-state index in [1.165, 1.54) is 49.9 Å². The van der Waals surface area contributed by atoms with Crippen molar-refractivity contribution in [1.82, 2.24) is 0 Å². The van der Waals surface area contributed by atoms with Crippen LogP contribution in [0.25, 0.3) is 10.8 Å². The zero-order chi connectivity index (χ0) is 24.2. The SMILES string of the molecule is CCCCCC1CCC(c2cc(F)c(CCc3ccc4c(F)c(F)c(F)cc4c3)c(F)c2)CC1. The molecule has 0 unspecified atom stereocenters. The van der Waals surface area contributed by atoms with E-state index in [0.29, 0.717) is 12.0 Å². The minimum absolute atomic E-state index is 0.0218. The molecule has 0 saturated heterocycles. The van der Waals surface area contributed by atoms with Crippen molar-refractivity contribution < 1.29 is 22.0 Å². The van der Waals surface area contributed by atoms with Crippen LogP contribution in [-0.4, -0.2) is 0 Å². The van der Waals surface area contributed by atoms with Crippen LogP contribution in [0, 0.1) is 35.0 Å². The number of rotatable bonds is 8. The highest BCUT2D eigenvalue weighted by molar-refractivity contribution is 5.84. The van der Waals surface area contributed by atoms with Gasteiger partial charge in [0.1, 0.15) is 11.6 Å². The van der Waals surface area contributed by atoms with E-state index in [2.05, 4.69) is 6.92 Å². The highest BCUT2D eigenvalue weighted by Gasteiger charge is 2.24. The van der Waals surface area contributed by atoms with E-state index in [1.807, 2.05) is 0 Å². The van der Waals surface area contributed by atoms with E-state index >= 15 is 0 Å². The van der Waals surface area contributed by atoms with E-state index in [4.69, 9.17) is 0 Å². The summed E-state index contributed by atoms with van der Waals surface area (Å²) in [7, 11) is 0. The maximum absolute atomic E-state index is 14.9. The lowest BCUT2D eigenvalue weighted by atomic mass is 9.77. The van der Waals surface area contributed by atoms with E-state index in [-0.39, 0.29) is 28.7 Å². The Morgan fingerprint density at radius 3 is 2.12 bits per heavy atom. The fourth-order valence-corrected chi connectivity index (χ4v) is 5.34. The summed E-state index contributed by atoms with van der Waals surface area (Å²) in [5.74, 6) is -4.15. The Morgan fingerprint density at radius 1 is 0.735 bits per heavy atom. The van der Waals surface area contributed by atoms with E-state index in [1.54, 1.807) is 6.07 Å². The molecule has 1 aliphatic carbocycles. The minimum Gasteiger partial charge on any atom is -0.207 e. The molecule has 1 fully saturated rings. The Morgan fingerprint density at radius 2 is 1.44 bits per heavy atom. The maximum atomic E-state index is 14.9. The summed E-state index contributed by atoms with van der Waals surface area (Å²) in [6.07, 6.45) is 9.61. The largest absolute Gasteiger partial charge is 0.207 e. The first-order valence-corrected chi connectivity index (χ1v) is 12.4. The van der Waals surface area contributed by atoms with Gasteiger partial charge in [0, 0.05) is 10.9 Å². The smallest absolute Gasteiger partial charge is 0.195 e. The summed E-state index contributed by atoms with van der Waals surface area (Å²) < 4.78 is 70.7. The third-order valence-electron chi connectivity index (χ3n) is 7.40. The van der Waals surface area contributed by atoms with E-state index in [9.17, 15) is 22.0 Å². The van der Waals surface area contributed by atoms with E-state index < -0.39 is 29.1 Å². The molecule has 0 bridgehead atoms. The number of hydrogen-bond donors (Lipinski definition) is 0. The standard InChI is InChI=1S/C29H31F5/c1-2-3-4-5-18-6-10-20(11-7-18)21-15-25(30)24(26(31)16-21)13-9-19-8-12-23-22(14-19)17-27(32)29(34)28(23)33/h8,12,14-18,20H,2-7,9-11,13H2,1H3. The molecular formula is C29H31F5. The first kappa shape index (κ1) is 24.7. The van der Waals surface area contributed by atoms with Crippen LogP contribution in [0.1, 0.15) is 80.9 Å². The predicted octanol–water partition coefficient (Wildman–Crippen LogP) is 9.17. The average molecular weight is 475 g/mol. The lowest BCUT2D eigenvalue weighted by Gasteiger charge is -2.29. The second kappa shape index (κ2) is 10.9. The number of aryl methyl sites for hydroxylation is 1. The van der Waals surface area contributed by atoms with Gasteiger partial charge in [-0.1, -0.05) is 50.8 Å². The van der Waals surface area contributed by atoms with Crippen molar-refractivity contribution >= 4 is 10.8 Å². The van der Waals surface area contributed by atoms with Crippen molar-refractivity contribution in [3.8, 4) is 0 Å². The lowest BCUT2D eigenvalue weighted by molar-refractivity contribution is 0.302. The molecule has 182 valence electrons. The summed E-state index contributed by atoms with van der Waals surface area (Å²) in [5, 5.41) is 0.194. The monoisotopic (exact) mass is 474 g/mol. The molecular weight excluding hydrogens is 443 g/mol. The quantitative estimate of drug-likeness (QED) is 0.173. The fourth-order valence-electron chi connectivity index (χ4n) is 5.34. The van der Waals surface area contributed by atoms with Gasteiger partial charge in [0.25, 0.3) is 0 Å². The van der Waals surface area contributed by atoms with Crippen LogP contribution in [0.3, 0.4) is 0 Å². The Kier molecular flexibility index (Phi) is 7.90. The van der Waals surface area contributed by atoms with Gasteiger partial charge in [0.05, 0.1) is 0 Å². The molecule has 1 aliphatic rings. The molecule has 3 aromatic rings. The predicted molar refractivity (Wildman–Crippen MR) is 126 cm³/mol. The summed E-state index contributed by atoms with van der Waals surface area (Å²) in [6, 6.07) is 8.38. The van der Waals surface area contributed by atoms with Crippen LogP contribution in [0.15, 0.2) is 36.4 Å². The van der Waals surface area contributed by atoms with Crippen LogP contribution < -0.4 is 0 Å². The molecule has 34 heavy (non-hydrogen) atoms. The Balaban J connectivity index is 1.41. The molecule has 0 spiro atoms. The van der Waals surface area contributed by atoms with Gasteiger partial charge in [0.2, 0.25) is 0 Å². The first-order valence-electron chi connectivity index (χ1n) is 12.4. The molecule has 0 aromatic heterocycles. The number of hydrogen-bond acceptors (Lipinski definition) is 0. The number of halogens is 5. The van der Waals surface area contributed by atoms with Gasteiger partial charge in [-0.3, -0.25) is 0 Å². The third-order valence-corrected chi connectivity index (χ3v) is 7.40. The lowest BCUT2D eigenvalue weighted by Crippen LogP contribution is -2.14. The van der Waals surface area contributed by atoms with Crippen LogP contribution in [0.2, 0.25) is 0 Å². The molecule has 4 rings (SSSR count). The molecule has 0 atom stereocenters. The molecule has 0 N–H and O–H groups in total. The van der Waals surface area contributed by atoms with Crippen molar-refractivity contribution in [2.45, 2.75) is 77.0 Å². The number of unbranched alkanes of at least 4 members (excludes halogenated alkanes) is 2. The topological polar surface area (TPSA) is 0 Å². The third kappa shape index (κ3) is 5.45. The summed E-state index contributed by atoms with van der Waals surface area (Å²) in [6.45, 7) is 2.20. The van der Waals surface area contributed by atoms with Gasteiger partial charge in [0.15, 0.2) is 17.5 Å². The molecule has 0 amide bonds. The van der Waals surface area contributed by atoms with Gasteiger partial charge < -0.3 is 0 Å². The highest BCUT2D eigenvalue weighted by Crippen LogP contribution is 2.38. The molecule has 0 heterocycles. The van der Waals surface area contributed by atoms with Crippen LogP contribution in [-0.2, 0) is 12.8 Å². The average Bonchev–Trinajstić information content (AvgIpc) is 2.82. The first-order chi connectivity index (χ1) is 16.4. The van der Waals surface area contributed by atoms with Crippen molar-refractivity contribution in [1.29, 1.82) is 0 Å². The summed E-state index contributed by atoms with van der Waals surface area (Å²) in [4.78, 5) is 0. The normalized spacial score (nSPS) is 18.5. The molecule has 3 aromatic carbocycles. The van der Waals surface area contributed by atoms with Crippen molar-refractivity contribution in [3.63, 3.8) is 0 Å². The molecule has 1 saturated carbocycles. The minimum atomic E-state index is -1.51. The van der Waals surface area contributed by atoms with Gasteiger partial charge in [-0.25, -0.2) is 22.0 Å². The van der Waals surface area contributed by atoms with Gasteiger partial charge >= 0.3 is 0 Å². The van der Waals surface area contributed by atoms with Crippen molar-refractivity contribution in [3.05, 3.63) is 82.2 Å². The molecule has 0 nitrogen and oxygen atoms in total. The van der Waals surface area contributed by atoms with Crippen LogP contribution in [0.5, 0.6) is 0 Å². The fraction of sp³-hybridized carbons (Fsp3) is 0.448. The maximum Gasteiger partial charge on any atom is 0.195 e. The van der Waals surface area contributed by atoms with Crippen LogP contribution >= 0.6 is 0 Å². The van der Waals surface area contributed by atoms with Crippen molar-refractivity contribution in [2.75, 3.05) is 0 Å². The van der Waals surface area contributed by atoms with Crippen LogP contribution in [0.4, 0.5) is 22.0 Å². The molecule has 0 radical (unpaired) electrons.